The Bertz CT molecular complexity index is 761. The van der Waals surface area contributed by atoms with Crippen molar-refractivity contribution in [2.75, 3.05) is 41.0 Å². The van der Waals surface area contributed by atoms with Crippen LogP contribution in [0, 0.1) is 0 Å². The third kappa shape index (κ3) is 3.10. The fourth-order valence-corrected chi connectivity index (χ4v) is 5.06. The van der Waals surface area contributed by atoms with Crippen LogP contribution < -0.4 is 0 Å². The van der Waals surface area contributed by atoms with Gasteiger partial charge in [0.2, 0.25) is 15.7 Å². The van der Waals surface area contributed by atoms with Crippen molar-refractivity contribution in [2.45, 2.75) is 10.6 Å². The Balaban J connectivity index is 2.57. The largest absolute Gasteiger partial charge is 0.349 e. The molecule has 0 aliphatic carbocycles. The highest BCUT2D eigenvalue weighted by Gasteiger charge is 2.49. The molecule has 1 N–H and O–H groups in total. The average molecular weight is 379 g/mol. The van der Waals surface area contributed by atoms with Gasteiger partial charge in [0.15, 0.2) is 0 Å². The molecule has 0 amide bonds. The maximum atomic E-state index is 12.4. The van der Waals surface area contributed by atoms with E-state index >= 15 is 0 Å². The number of hydrogen-bond acceptors (Lipinski definition) is 4. The molecule has 0 bridgehead atoms. The molecule has 2 rings (SSSR count). The van der Waals surface area contributed by atoms with E-state index in [4.69, 9.17) is 11.6 Å². The van der Waals surface area contributed by atoms with Gasteiger partial charge < -0.3 is 5.11 Å². The topological polar surface area (TPSA) is 63.9 Å². The first-order chi connectivity index (χ1) is 10.5. The third-order valence-electron chi connectivity index (χ3n) is 3.78. The van der Waals surface area contributed by atoms with Crippen molar-refractivity contribution in [3.63, 3.8) is 0 Å². The Morgan fingerprint density at radius 3 is 2.48 bits per heavy atom. The monoisotopic (exact) mass is 378 g/mol. The number of sulfonamides is 1. The standard InChI is InChI=1S/C14H21ClN3O3S2/c1-16(2)13-18(5)14(19,9-22-13)10-6-7-11(15)12(8-10)23(20,21)17(3)4/h6-8,19H,9H2,1-5H3/q+1. The Morgan fingerprint density at radius 2 is 2.00 bits per heavy atom. The molecule has 6 nitrogen and oxygen atoms in total. The van der Waals surface area contributed by atoms with Crippen LogP contribution >= 0.6 is 23.4 Å². The summed E-state index contributed by atoms with van der Waals surface area (Å²) in [5.41, 5.74) is -0.792. The molecular weight excluding hydrogens is 358 g/mol. The van der Waals surface area contributed by atoms with E-state index in [2.05, 4.69) is 0 Å². The maximum absolute atomic E-state index is 12.4. The molecule has 1 atom stereocenters. The molecule has 1 fully saturated rings. The van der Waals surface area contributed by atoms with Crippen LogP contribution in [-0.4, -0.2) is 73.5 Å². The number of aliphatic hydroxyl groups is 1. The first-order valence-corrected chi connectivity index (χ1v) is 9.68. The molecule has 9 heteroatoms. The molecular formula is C14H21ClN3O3S2+. The SMILES string of the molecule is CN1C(=[N+](C)C)SCC1(O)c1ccc(Cl)c(S(=O)(=O)N(C)C)c1. The van der Waals surface area contributed by atoms with Crippen LogP contribution in [0.2, 0.25) is 5.02 Å². The highest BCUT2D eigenvalue weighted by atomic mass is 35.5. The van der Waals surface area contributed by atoms with Crippen molar-refractivity contribution < 1.29 is 18.1 Å². The van der Waals surface area contributed by atoms with E-state index in [0.717, 1.165) is 9.47 Å². The van der Waals surface area contributed by atoms with Crippen LogP contribution in [0.1, 0.15) is 5.56 Å². The second kappa shape index (κ2) is 6.25. The first-order valence-electron chi connectivity index (χ1n) is 6.87. The highest BCUT2D eigenvalue weighted by molar-refractivity contribution is 8.13. The van der Waals surface area contributed by atoms with Crippen LogP contribution in [0.25, 0.3) is 0 Å². The minimum Gasteiger partial charge on any atom is -0.349 e. The van der Waals surface area contributed by atoms with Crippen LogP contribution in [0.4, 0.5) is 0 Å². The van der Waals surface area contributed by atoms with Gasteiger partial charge >= 0.3 is 5.17 Å². The summed E-state index contributed by atoms with van der Waals surface area (Å²) in [5.74, 6) is 0.403. The minimum absolute atomic E-state index is 0.00760. The van der Waals surface area contributed by atoms with E-state index in [9.17, 15) is 13.5 Å². The molecule has 0 spiro atoms. The van der Waals surface area contributed by atoms with Gasteiger partial charge in [-0.25, -0.2) is 17.6 Å². The summed E-state index contributed by atoms with van der Waals surface area (Å²) in [5, 5.41) is 12.1. The summed E-state index contributed by atoms with van der Waals surface area (Å²) in [6.45, 7) is 0. The van der Waals surface area contributed by atoms with Gasteiger partial charge in [0.1, 0.15) is 4.90 Å². The molecule has 23 heavy (non-hydrogen) atoms. The molecule has 1 aromatic rings. The van der Waals surface area contributed by atoms with Gasteiger partial charge in [-0.15, -0.1) is 0 Å². The van der Waals surface area contributed by atoms with Crippen molar-refractivity contribution in [3.05, 3.63) is 28.8 Å². The second-order valence-electron chi connectivity index (χ2n) is 5.77. The predicted octanol–water partition coefficient (Wildman–Crippen LogP) is 1.04. The smallest absolute Gasteiger partial charge is 0.310 e. The van der Waals surface area contributed by atoms with Crippen LogP contribution in [0.5, 0.6) is 0 Å². The zero-order valence-electron chi connectivity index (χ0n) is 13.7. The van der Waals surface area contributed by atoms with Crippen LogP contribution in [-0.2, 0) is 15.7 Å². The molecule has 1 heterocycles. The summed E-state index contributed by atoms with van der Waals surface area (Å²) in [6, 6.07) is 4.62. The molecule has 1 unspecified atom stereocenters. The van der Waals surface area contributed by atoms with Crippen LogP contribution in [0.15, 0.2) is 23.1 Å². The van der Waals surface area contributed by atoms with Gasteiger partial charge in [-0.3, -0.25) is 4.58 Å². The lowest BCUT2D eigenvalue weighted by molar-refractivity contribution is -0.467. The van der Waals surface area contributed by atoms with Crippen molar-refractivity contribution >= 4 is 38.6 Å². The molecule has 0 saturated carbocycles. The first kappa shape index (κ1) is 18.5. The molecule has 1 saturated heterocycles. The molecule has 0 aromatic heterocycles. The Kier molecular flexibility index (Phi) is 5.04. The molecule has 1 aliphatic rings. The fourth-order valence-electron chi connectivity index (χ4n) is 2.37. The van der Waals surface area contributed by atoms with Gasteiger partial charge in [0.05, 0.1) is 31.9 Å². The second-order valence-corrected chi connectivity index (χ2v) is 9.24. The zero-order chi connectivity index (χ0) is 17.6. The minimum atomic E-state index is -3.69. The summed E-state index contributed by atoms with van der Waals surface area (Å²) < 4.78 is 27.8. The quantitative estimate of drug-likeness (QED) is 0.796. The molecule has 128 valence electrons. The lowest BCUT2D eigenvalue weighted by Crippen LogP contribution is -2.44. The average Bonchev–Trinajstić information content (AvgIpc) is 2.76. The number of thioether (sulfide) groups is 1. The summed E-state index contributed by atoms with van der Waals surface area (Å²) in [4.78, 5) is 1.74. The Morgan fingerprint density at radius 1 is 1.39 bits per heavy atom. The molecule has 0 radical (unpaired) electrons. The van der Waals surface area contributed by atoms with Crippen molar-refractivity contribution in [3.8, 4) is 0 Å². The summed E-state index contributed by atoms with van der Waals surface area (Å²) in [6.07, 6.45) is 0. The number of rotatable bonds is 3. The van der Waals surface area contributed by atoms with E-state index in [0.29, 0.717) is 11.3 Å². The molecule has 1 aromatic carbocycles. The number of benzene rings is 1. The fraction of sp³-hybridized carbons (Fsp3) is 0.500. The van der Waals surface area contributed by atoms with Gasteiger partial charge in [-0.2, -0.15) is 0 Å². The van der Waals surface area contributed by atoms with E-state index in [-0.39, 0.29) is 9.92 Å². The van der Waals surface area contributed by atoms with Gasteiger partial charge in [0, 0.05) is 19.7 Å². The Hall–Kier alpha value is -0.800. The number of nitrogens with zero attached hydrogens (tertiary/aromatic N) is 3. The lowest BCUT2D eigenvalue weighted by atomic mass is 10.0. The van der Waals surface area contributed by atoms with Gasteiger partial charge in [-0.1, -0.05) is 17.7 Å². The third-order valence-corrected chi connectivity index (χ3v) is 7.52. The number of halogens is 1. The van der Waals surface area contributed by atoms with Gasteiger partial charge in [-0.05, 0) is 23.9 Å². The summed E-state index contributed by atoms with van der Waals surface area (Å²) in [7, 11) is 4.78. The van der Waals surface area contributed by atoms with E-state index in [1.807, 2.05) is 18.7 Å². The van der Waals surface area contributed by atoms with Gasteiger partial charge in [0.25, 0.3) is 0 Å². The number of amidine groups is 1. The lowest BCUT2D eigenvalue weighted by Gasteiger charge is -2.26. The molecule has 1 aliphatic heterocycles. The van der Waals surface area contributed by atoms with Crippen molar-refractivity contribution in [1.29, 1.82) is 0 Å². The summed E-state index contributed by atoms with van der Waals surface area (Å²) >= 11 is 7.58. The van der Waals surface area contributed by atoms with Crippen molar-refractivity contribution in [2.24, 2.45) is 0 Å². The maximum Gasteiger partial charge on any atom is 0.310 e. The van der Waals surface area contributed by atoms with E-state index in [1.54, 1.807) is 18.0 Å². The van der Waals surface area contributed by atoms with Crippen molar-refractivity contribution in [1.82, 2.24) is 9.21 Å². The normalized spacial score (nSPS) is 22.1. The number of hydrogen-bond donors (Lipinski definition) is 1. The zero-order valence-corrected chi connectivity index (χ0v) is 16.1. The Labute approximate surface area is 146 Å². The van der Waals surface area contributed by atoms with Crippen LogP contribution in [0.3, 0.4) is 0 Å². The highest BCUT2D eigenvalue weighted by Crippen LogP contribution is 2.39. The van der Waals surface area contributed by atoms with E-state index < -0.39 is 15.7 Å². The predicted molar refractivity (Wildman–Crippen MR) is 93.6 cm³/mol. The van der Waals surface area contributed by atoms with E-state index in [1.165, 1.54) is 38.0 Å².